The number of halogens is 1. The number of rotatable bonds is 18. The van der Waals surface area contributed by atoms with Gasteiger partial charge in [-0.1, -0.05) is 54.6 Å². The molecule has 0 bridgehead atoms. The Hall–Kier alpha value is -4.77. The summed E-state index contributed by atoms with van der Waals surface area (Å²) in [6.45, 7) is 5.90. The van der Waals surface area contributed by atoms with Gasteiger partial charge in [-0.05, 0) is 100 Å². The largest absolute Gasteiger partial charge is 0.489 e. The van der Waals surface area contributed by atoms with E-state index in [4.69, 9.17) is 9.47 Å². The summed E-state index contributed by atoms with van der Waals surface area (Å²) in [4.78, 5) is 55.8. The van der Waals surface area contributed by atoms with Crippen molar-refractivity contribution in [2.24, 2.45) is 0 Å². The first-order valence-corrected chi connectivity index (χ1v) is 17.7. The molecule has 2 unspecified atom stereocenters. The lowest BCUT2D eigenvalue weighted by atomic mass is 10.0. The van der Waals surface area contributed by atoms with Crippen molar-refractivity contribution < 1.29 is 38.1 Å². The van der Waals surface area contributed by atoms with Crippen molar-refractivity contribution in [3.05, 3.63) is 101 Å². The molecule has 0 radical (unpaired) electrons. The first-order chi connectivity index (χ1) is 24.4. The lowest BCUT2D eigenvalue weighted by molar-refractivity contribution is -0.159. The van der Waals surface area contributed by atoms with Gasteiger partial charge >= 0.3 is 5.97 Å². The molecule has 3 aromatic carbocycles. The van der Waals surface area contributed by atoms with Crippen LogP contribution in [0.1, 0.15) is 76.0 Å². The number of nitrogens with zero attached hydrogens (tertiary/aromatic N) is 1. The molecule has 0 aromatic heterocycles. The second kappa shape index (κ2) is 19.0. The molecule has 3 aromatic rings. The number of esters is 1. The molecule has 1 aliphatic rings. The fraction of sp³-hybridized carbons (Fsp3) is 0.450. The van der Waals surface area contributed by atoms with Gasteiger partial charge in [0.2, 0.25) is 17.7 Å². The Morgan fingerprint density at radius 1 is 0.863 bits per heavy atom. The van der Waals surface area contributed by atoms with E-state index in [2.05, 4.69) is 10.6 Å². The quantitative estimate of drug-likeness (QED) is 0.125. The van der Waals surface area contributed by atoms with Crippen molar-refractivity contribution in [1.29, 1.82) is 0 Å². The molecule has 0 saturated carbocycles. The minimum atomic E-state index is -1.09. The van der Waals surface area contributed by atoms with E-state index in [1.54, 1.807) is 37.8 Å². The Labute approximate surface area is 299 Å². The maximum atomic E-state index is 14.2. The molecule has 274 valence electrons. The lowest BCUT2D eigenvalue weighted by Crippen LogP contribution is -2.56. The van der Waals surface area contributed by atoms with Crippen LogP contribution in [0.2, 0.25) is 0 Å². The number of benzene rings is 3. The van der Waals surface area contributed by atoms with Gasteiger partial charge in [-0.15, -0.1) is 0 Å². The molecule has 10 nitrogen and oxygen atoms in total. The van der Waals surface area contributed by atoms with E-state index in [0.29, 0.717) is 51.0 Å². The maximum Gasteiger partial charge on any atom is 0.329 e. The highest BCUT2D eigenvalue weighted by Crippen LogP contribution is 2.22. The third-order valence-corrected chi connectivity index (χ3v) is 8.54. The number of unbranched alkanes of at least 4 members (excludes halogenated alkanes) is 1. The van der Waals surface area contributed by atoms with Crippen LogP contribution >= 0.6 is 0 Å². The standard InChI is InChI=1S/C40H50FN3O7/c1-40(2,3)51-39(49)34(15-7-8-24-45)43-37(47)33(22-19-28-17-20-31(41)21-18-28)42-38(48)35(44-23-10-16-36(44)46)26-30-13-9-14-32(25-30)50-27-29-11-5-4-6-12-29/h4-6,9,11-14,17-18,20-21,25,33-35,45H,7-8,10,15-16,19,22-24,26-27H2,1-3H3,(H,42,48)(H,43,47)/t33-,34?,35?/m0/s1. The Morgan fingerprint density at radius 2 is 1.57 bits per heavy atom. The molecule has 4 rings (SSSR count). The Morgan fingerprint density at radius 3 is 2.24 bits per heavy atom. The minimum Gasteiger partial charge on any atom is -0.489 e. The van der Waals surface area contributed by atoms with Gasteiger partial charge in [0.05, 0.1) is 0 Å². The number of nitrogens with one attached hydrogen (secondary N) is 2. The van der Waals surface area contributed by atoms with E-state index in [9.17, 15) is 28.7 Å². The van der Waals surface area contributed by atoms with Crippen molar-refractivity contribution in [3.8, 4) is 5.75 Å². The van der Waals surface area contributed by atoms with Gasteiger partial charge in [-0.25, -0.2) is 9.18 Å². The molecular formula is C40H50FN3O7. The number of likely N-dealkylation sites (tertiary alicyclic amines) is 1. The molecule has 0 aliphatic carbocycles. The van der Waals surface area contributed by atoms with Gasteiger partial charge in [0.25, 0.3) is 0 Å². The van der Waals surface area contributed by atoms with Gasteiger partial charge in [0.15, 0.2) is 0 Å². The summed E-state index contributed by atoms with van der Waals surface area (Å²) >= 11 is 0. The molecule has 3 amide bonds. The van der Waals surface area contributed by atoms with Crippen molar-refractivity contribution >= 4 is 23.7 Å². The molecule has 3 atom stereocenters. The number of amides is 3. The van der Waals surface area contributed by atoms with E-state index in [-0.39, 0.29) is 31.8 Å². The number of carbonyl (C=O) groups excluding carboxylic acids is 4. The van der Waals surface area contributed by atoms with E-state index >= 15 is 0 Å². The van der Waals surface area contributed by atoms with Crippen LogP contribution in [0, 0.1) is 5.82 Å². The molecule has 51 heavy (non-hydrogen) atoms. The van der Waals surface area contributed by atoms with Crippen LogP contribution in [0.15, 0.2) is 78.9 Å². The predicted molar refractivity (Wildman–Crippen MR) is 191 cm³/mol. The highest BCUT2D eigenvalue weighted by atomic mass is 19.1. The zero-order valence-electron chi connectivity index (χ0n) is 29.7. The molecule has 1 aliphatic heterocycles. The van der Waals surface area contributed by atoms with Crippen molar-refractivity contribution in [2.45, 2.75) is 102 Å². The van der Waals surface area contributed by atoms with E-state index < -0.39 is 47.3 Å². The number of hydrogen-bond donors (Lipinski definition) is 3. The summed E-state index contributed by atoms with van der Waals surface area (Å²) in [5.74, 6) is -1.63. The van der Waals surface area contributed by atoms with E-state index in [0.717, 1.165) is 16.7 Å². The first kappa shape index (κ1) is 39.0. The topological polar surface area (TPSA) is 134 Å². The van der Waals surface area contributed by atoms with Crippen LogP contribution < -0.4 is 15.4 Å². The molecule has 1 saturated heterocycles. The van der Waals surface area contributed by atoms with E-state index in [1.807, 2.05) is 54.6 Å². The third kappa shape index (κ3) is 12.8. The average Bonchev–Trinajstić information content (AvgIpc) is 3.53. The lowest BCUT2D eigenvalue weighted by Gasteiger charge is -2.30. The van der Waals surface area contributed by atoms with Crippen LogP contribution in [0.5, 0.6) is 5.75 Å². The first-order valence-electron chi connectivity index (χ1n) is 17.7. The summed E-state index contributed by atoms with van der Waals surface area (Å²) in [5, 5.41) is 15.0. The minimum absolute atomic E-state index is 0.0655. The van der Waals surface area contributed by atoms with Gasteiger partial charge < -0.3 is 30.1 Å². The summed E-state index contributed by atoms with van der Waals surface area (Å²) in [6.07, 6.45) is 2.72. The summed E-state index contributed by atoms with van der Waals surface area (Å²) < 4.78 is 25.2. The Bertz CT molecular complexity index is 1590. The van der Waals surface area contributed by atoms with Crippen LogP contribution in [0.3, 0.4) is 0 Å². The number of aliphatic hydroxyl groups excluding tert-OH is 1. The zero-order chi connectivity index (χ0) is 36.8. The van der Waals surface area contributed by atoms with Crippen molar-refractivity contribution in [1.82, 2.24) is 15.5 Å². The maximum absolute atomic E-state index is 14.2. The zero-order valence-corrected chi connectivity index (χ0v) is 29.7. The molecular weight excluding hydrogens is 653 g/mol. The van der Waals surface area contributed by atoms with Crippen LogP contribution in [0.25, 0.3) is 0 Å². The van der Waals surface area contributed by atoms with Crippen molar-refractivity contribution in [3.63, 3.8) is 0 Å². The second-order valence-electron chi connectivity index (χ2n) is 13.9. The number of ether oxygens (including phenoxy) is 2. The van der Waals surface area contributed by atoms with Crippen LogP contribution in [-0.4, -0.2) is 70.6 Å². The summed E-state index contributed by atoms with van der Waals surface area (Å²) in [6, 6.07) is 20.0. The van der Waals surface area contributed by atoms with Gasteiger partial charge in [-0.3, -0.25) is 14.4 Å². The highest BCUT2D eigenvalue weighted by molar-refractivity contribution is 5.94. The average molecular weight is 704 g/mol. The molecule has 1 heterocycles. The van der Waals surface area contributed by atoms with Gasteiger partial charge in [0, 0.05) is 26.0 Å². The normalized spacial score (nSPS) is 14.8. The Balaban J connectivity index is 1.55. The highest BCUT2D eigenvalue weighted by Gasteiger charge is 2.36. The SMILES string of the molecule is CC(C)(C)OC(=O)C(CCCCO)NC(=O)[C@H](CCc1ccc(F)cc1)NC(=O)C(Cc1cccc(OCc2ccccc2)c1)N1CCCC1=O. The van der Waals surface area contributed by atoms with E-state index in [1.165, 1.54) is 12.1 Å². The van der Waals surface area contributed by atoms with Crippen molar-refractivity contribution in [2.75, 3.05) is 13.2 Å². The summed E-state index contributed by atoms with van der Waals surface area (Å²) in [5.41, 5.74) is 1.75. The van der Waals surface area contributed by atoms with Gasteiger partial charge in [0.1, 0.15) is 41.9 Å². The fourth-order valence-electron chi connectivity index (χ4n) is 5.92. The Kier molecular flexibility index (Phi) is 14.5. The number of carbonyl (C=O) groups is 4. The van der Waals surface area contributed by atoms with Gasteiger partial charge in [-0.2, -0.15) is 0 Å². The molecule has 1 fully saturated rings. The monoisotopic (exact) mass is 703 g/mol. The smallest absolute Gasteiger partial charge is 0.329 e. The number of hydrogen-bond acceptors (Lipinski definition) is 7. The third-order valence-electron chi connectivity index (χ3n) is 8.54. The fourth-order valence-corrected chi connectivity index (χ4v) is 5.92. The number of aryl methyl sites for hydroxylation is 1. The predicted octanol–water partition coefficient (Wildman–Crippen LogP) is 5.04. The second-order valence-corrected chi connectivity index (χ2v) is 13.9. The number of aliphatic hydroxyl groups is 1. The molecule has 3 N–H and O–H groups in total. The summed E-state index contributed by atoms with van der Waals surface area (Å²) in [7, 11) is 0. The molecule has 11 heteroatoms. The van der Waals surface area contributed by atoms with Crippen LogP contribution in [0.4, 0.5) is 4.39 Å². The molecule has 0 spiro atoms. The van der Waals surface area contributed by atoms with Crippen LogP contribution in [-0.2, 0) is 43.4 Å².